The number of para-hydroxylation sites is 1. The summed E-state index contributed by atoms with van der Waals surface area (Å²) in [4.78, 5) is 40.6. The van der Waals surface area contributed by atoms with Crippen molar-refractivity contribution in [1.82, 2.24) is 20.2 Å². The lowest BCUT2D eigenvalue weighted by atomic mass is 10.1. The Morgan fingerprint density at radius 2 is 1.56 bits per heavy atom. The number of rotatable bonds is 14. The molecule has 1 aliphatic heterocycles. The third kappa shape index (κ3) is 9.73. The fourth-order valence-electron chi connectivity index (χ4n) is 6.44. The molecular weight excluding hydrogens is 679 g/mol. The summed E-state index contributed by atoms with van der Waals surface area (Å²) < 4.78 is 12.1. The first kappa shape index (κ1) is 37.8. The molecule has 54 heavy (non-hydrogen) atoms. The molecule has 1 saturated heterocycles. The zero-order valence-electron chi connectivity index (χ0n) is 31.7. The Morgan fingerprint density at radius 3 is 2.24 bits per heavy atom. The predicted molar refractivity (Wildman–Crippen MR) is 214 cm³/mol. The monoisotopic (exact) mass is 727 g/mol. The van der Waals surface area contributed by atoms with Gasteiger partial charge in [-0.3, -0.25) is 14.5 Å². The fourth-order valence-corrected chi connectivity index (χ4v) is 6.44. The van der Waals surface area contributed by atoms with Crippen LogP contribution in [0, 0.1) is 13.8 Å². The van der Waals surface area contributed by atoms with Gasteiger partial charge in [0.15, 0.2) is 11.5 Å². The highest BCUT2D eigenvalue weighted by Crippen LogP contribution is 2.35. The summed E-state index contributed by atoms with van der Waals surface area (Å²) in [7, 11) is 1.55. The van der Waals surface area contributed by atoms with Crippen LogP contribution in [0.5, 0.6) is 17.4 Å². The van der Waals surface area contributed by atoms with Gasteiger partial charge in [-0.05, 0) is 92.8 Å². The molecule has 1 aliphatic rings. The molecule has 2 amide bonds. The fraction of sp³-hybridized carbons (Fsp3) is 0.302. The molecule has 0 aliphatic carbocycles. The van der Waals surface area contributed by atoms with Crippen molar-refractivity contribution in [3.05, 3.63) is 125 Å². The van der Waals surface area contributed by atoms with Gasteiger partial charge in [0.1, 0.15) is 5.56 Å². The number of benzene rings is 4. The minimum atomic E-state index is -0.416. The third-order valence-electron chi connectivity index (χ3n) is 9.66. The molecule has 280 valence electrons. The molecule has 2 heterocycles. The van der Waals surface area contributed by atoms with Gasteiger partial charge < -0.3 is 30.3 Å². The lowest BCUT2D eigenvalue weighted by Crippen LogP contribution is -2.48. The molecule has 6 rings (SSSR count). The Morgan fingerprint density at radius 1 is 0.833 bits per heavy atom. The molecule has 1 aromatic heterocycles. The molecule has 5 aromatic rings. The summed E-state index contributed by atoms with van der Waals surface area (Å²) in [6, 6.07) is 29.8. The smallest absolute Gasteiger partial charge is 0.262 e. The van der Waals surface area contributed by atoms with Gasteiger partial charge >= 0.3 is 0 Å². The van der Waals surface area contributed by atoms with Gasteiger partial charge in [-0.2, -0.15) is 4.98 Å². The highest BCUT2D eigenvalue weighted by molar-refractivity contribution is 6.06. The van der Waals surface area contributed by atoms with E-state index in [4.69, 9.17) is 14.5 Å². The minimum absolute atomic E-state index is 0.0481. The van der Waals surface area contributed by atoms with Crippen LogP contribution in [0.25, 0.3) is 0 Å². The number of nitrogens with zero attached hydrogens (tertiary/aromatic N) is 4. The number of piperazine rings is 1. The lowest BCUT2D eigenvalue weighted by molar-refractivity contribution is -0.121. The molecule has 0 unspecified atom stereocenters. The second kappa shape index (κ2) is 17.7. The van der Waals surface area contributed by atoms with Crippen LogP contribution in [0.15, 0.2) is 97.2 Å². The quantitative estimate of drug-likeness (QED) is 0.106. The Balaban J connectivity index is 1.21. The second-order valence-corrected chi connectivity index (χ2v) is 13.8. The number of methoxy groups -OCH3 is 1. The maximum absolute atomic E-state index is 13.8. The van der Waals surface area contributed by atoms with Crippen LogP contribution in [0.1, 0.15) is 52.9 Å². The van der Waals surface area contributed by atoms with Crippen LogP contribution >= 0.6 is 0 Å². The van der Waals surface area contributed by atoms with Gasteiger partial charge in [0.25, 0.3) is 5.91 Å². The average molecular weight is 728 g/mol. The van der Waals surface area contributed by atoms with Gasteiger partial charge in [0.05, 0.1) is 7.11 Å². The van der Waals surface area contributed by atoms with Gasteiger partial charge in [0.2, 0.25) is 17.7 Å². The normalized spacial score (nSPS) is 13.0. The molecule has 11 nitrogen and oxygen atoms in total. The van der Waals surface area contributed by atoms with E-state index in [9.17, 15) is 9.59 Å². The first-order chi connectivity index (χ1) is 26.2. The highest BCUT2D eigenvalue weighted by atomic mass is 16.5. The molecule has 1 fully saturated rings. The maximum Gasteiger partial charge on any atom is 0.262 e. The largest absolute Gasteiger partial charge is 0.493 e. The number of aromatic nitrogens is 2. The van der Waals surface area contributed by atoms with Crippen LogP contribution < -0.4 is 30.3 Å². The number of hydrogen-bond acceptors (Lipinski definition) is 9. The molecule has 4 aromatic carbocycles. The highest BCUT2D eigenvalue weighted by Gasteiger charge is 2.22. The standard InChI is InChI=1S/C43H49N7O4/c1-29(2)49-22-24-50(25-23-49)35-18-16-34(17-19-35)46-43-45-28-36(41(52)47-40-30(3)10-9-11-31(40)4)42(48-43)54-38-26-32(14-20-37(38)53-5)15-21-39(51)44-27-33-12-7-6-8-13-33/h6-14,16-20,26,28-29H,15,21-25,27H2,1-5H3,(H,44,51)(H,47,52)(H,45,46,48). The van der Waals surface area contributed by atoms with E-state index >= 15 is 0 Å². The number of carbonyl (C=O) groups excluding carboxylic acids is 2. The number of ether oxygens (including phenoxy) is 2. The molecule has 0 bridgehead atoms. The SMILES string of the molecule is COc1ccc(CCC(=O)NCc2ccccc2)cc1Oc1nc(Nc2ccc(N3CCN(C(C)C)CC3)cc2)ncc1C(=O)Nc1c(C)cccc1C. The average Bonchev–Trinajstić information content (AvgIpc) is 3.18. The number of amides is 2. The van der Waals surface area contributed by atoms with E-state index in [0.29, 0.717) is 36.2 Å². The Hall–Kier alpha value is -5.94. The van der Waals surface area contributed by atoms with Crippen molar-refractivity contribution in [3.63, 3.8) is 0 Å². The molecular formula is C43H49N7O4. The van der Waals surface area contributed by atoms with Crippen molar-refractivity contribution in [2.45, 2.75) is 53.1 Å². The van der Waals surface area contributed by atoms with Gasteiger partial charge in [0, 0.05) is 68.4 Å². The lowest BCUT2D eigenvalue weighted by Gasteiger charge is -2.38. The third-order valence-corrected chi connectivity index (χ3v) is 9.66. The summed E-state index contributed by atoms with van der Waals surface area (Å²) in [6.45, 7) is 12.9. The Kier molecular flexibility index (Phi) is 12.4. The van der Waals surface area contributed by atoms with E-state index in [1.165, 1.54) is 6.20 Å². The van der Waals surface area contributed by atoms with Crippen LogP contribution in [-0.4, -0.2) is 66.0 Å². The number of aryl methyl sites for hydroxylation is 3. The van der Waals surface area contributed by atoms with Gasteiger partial charge in [-0.1, -0.05) is 54.6 Å². The zero-order chi connectivity index (χ0) is 38.0. The van der Waals surface area contributed by atoms with Crippen molar-refractivity contribution in [3.8, 4) is 17.4 Å². The molecule has 3 N–H and O–H groups in total. The van der Waals surface area contributed by atoms with Crippen LogP contribution in [0.4, 0.5) is 23.0 Å². The number of carbonyl (C=O) groups is 2. The number of nitrogens with one attached hydrogen (secondary N) is 3. The molecule has 0 atom stereocenters. The molecule has 0 saturated carbocycles. The van der Waals surface area contributed by atoms with Crippen molar-refractivity contribution in [2.24, 2.45) is 0 Å². The van der Waals surface area contributed by atoms with E-state index < -0.39 is 5.91 Å². The van der Waals surface area contributed by atoms with Crippen LogP contribution in [0.2, 0.25) is 0 Å². The van der Waals surface area contributed by atoms with Crippen molar-refractivity contribution in [1.29, 1.82) is 0 Å². The topological polar surface area (TPSA) is 121 Å². The van der Waals surface area contributed by atoms with Crippen molar-refractivity contribution in [2.75, 3.05) is 48.8 Å². The van der Waals surface area contributed by atoms with E-state index in [0.717, 1.165) is 59.8 Å². The number of hydrogen-bond donors (Lipinski definition) is 3. The van der Waals surface area contributed by atoms with E-state index in [1.807, 2.05) is 86.6 Å². The summed E-state index contributed by atoms with van der Waals surface area (Å²) in [5.74, 6) is 0.639. The van der Waals surface area contributed by atoms with E-state index in [2.05, 4.69) is 56.7 Å². The second-order valence-electron chi connectivity index (χ2n) is 13.8. The van der Waals surface area contributed by atoms with Crippen molar-refractivity contribution >= 4 is 34.8 Å². The summed E-state index contributed by atoms with van der Waals surface area (Å²) in [5, 5.41) is 9.28. The van der Waals surface area contributed by atoms with Gasteiger partial charge in [-0.15, -0.1) is 0 Å². The first-order valence-corrected chi connectivity index (χ1v) is 18.4. The Labute approximate surface area is 317 Å². The molecule has 11 heteroatoms. The first-order valence-electron chi connectivity index (χ1n) is 18.4. The maximum atomic E-state index is 13.8. The van der Waals surface area contributed by atoms with Gasteiger partial charge in [-0.25, -0.2) is 4.98 Å². The summed E-state index contributed by atoms with van der Waals surface area (Å²) in [5.41, 5.74) is 6.57. The van der Waals surface area contributed by atoms with Crippen LogP contribution in [-0.2, 0) is 17.8 Å². The number of anilines is 4. The van der Waals surface area contributed by atoms with E-state index in [-0.39, 0.29) is 29.7 Å². The molecule has 0 spiro atoms. The minimum Gasteiger partial charge on any atom is -0.493 e. The van der Waals surface area contributed by atoms with Crippen molar-refractivity contribution < 1.29 is 19.1 Å². The summed E-state index contributed by atoms with van der Waals surface area (Å²) in [6.07, 6.45) is 2.22. The van der Waals surface area contributed by atoms with Crippen LogP contribution in [0.3, 0.4) is 0 Å². The molecule has 0 radical (unpaired) electrons. The van der Waals surface area contributed by atoms with E-state index in [1.54, 1.807) is 13.2 Å². The Bertz CT molecular complexity index is 2030. The predicted octanol–water partition coefficient (Wildman–Crippen LogP) is 7.67. The summed E-state index contributed by atoms with van der Waals surface area (Å²) >= 11 is 0. The zero-order valence-corrected chi connectivity index (χ0v) is 31.7.